The van der Waals surface area contributed by atoms with Crippen LogP contribution in [0.2, 0.25) is 0 Å². The Balaban J connectivity index is 1.66. The number of nitrogens with zero attached hydrogens (tertiary/aromatic N) is 1. The zero-order chi connectivity index (χ0) is 12.6. The fourth-order valence-corrected chi connectivity index (χ4v) is 2.47. The monoisotopic (exact) mass is 247 g/mol. The number of carbonyl (C=O) groups excluding carboxylic acids is 1. The van der Waals surface area contributed by atoms with Crippen molar-refractivity contribution < 1.29 is 9.63 Å². The predicted octanol–water partition coefficient (Wildman–Crippen LogP) is 2.95. The lowest BCUT2D eigenvalue weighted by molar-refractivity contribution is -0.186. The molecule has 3 nitrogen and oxygen atoms in total. The molecular weight excluding hydrogens is 226 g/mol. The highest BCUT2D eigenvalue weighted by atomic mass is 16.7. The van der Waals surface area contributed by atoms with Gasteiger partial charge in [-0.3, -0.25) is 9.63 Å². The van der Waals surface area contributed by atoms with E-state index in [1.54, 1.807) is 0 Å². The third-order valence-corrected chi connectivity index (χ3v) is 3.48. The molecule has 1 aromatic carbocycles. The molecule has 0 spiro atoms. The standard InChI is InChI=1S/C15H21NO2/c17-13-16(15-10-4-5-11-15)18-12-6-9-14-7-2-1-3-8-14/h1-3,7-8,13,15H,4-6,9-12H2. The second-order valence-corrected chi connectivity index (χ2v) is 4.83. The summed E-state index contributed by atoms with van der Waals surface area (Å²) in [4.78, 5) is 16.5. The van der Waals surface area contributed by atoms with Gasteiger partial charge in [0.15, 0.2) is 0 Å². The van der Waals surface area contributed by atoms with Crippen molar-refractivity contribution in [3.8, 4) is 0 Å². The van der Waals surface area contributed by atoms with Gasteiger partial charge in [-0.25, -0.2) is 5.06 Å². The van der Waals surface area contributed by atoms with Crippen molar-refractivity contribution in [3.05, 3.63) is 35.9 Å². The zero-order valence-corrected chi connectivity index (χ0v) is 10.8. The Labute approximate surface area is 109 Å². The van der Waals surface area contributed by atoms with Gasteiger partial charge >= 0.3 is 0 Å². The highest BCUT2D eigenvalue weighted by Gasteiger charge is 2.21. The van der Waals surface area contributed by atoms with Crippen LogP contribution in [0.3, 0.4) is 0 Å². The Morgan fingerprint density at radius 1 is 1.22 bits per heavy atom. The maximum atomic E-state index is 11.0. The molecule has 1 saturated carbocycles. The molecule has 3 heteroatoms. The van der Waals surface area contributed by atoms with E-state index >= 15 is 0 Å². The summed E-state index contributed by atoms with van der Waals surface area (Å²) in [6, 6.07) is 10.7. The van der Waals surface area contributed by atoms with Crippen LogP contribution in [0.15, 0.2) is 30.3 Å². The maximum Gasteiger partial charge on any atom is 0.233 e. The Kier molecular flexibility index (Phi) is 5.21. The summed E-state index contributed by atoms with van der Waals surface area (Å²) in [5.41, 5.74) is 1.32. The number of rotatable bonds is 7. The molecular formula is C15H21NO2. The lowest BCUT2D eigenvalue weighted by Crippen LogP contribution is -2.32. The average molecular weight is 247 g/mol. The van der Waals surface area contributed by atoms with E-state index in [1.165, 1.54) is 23.5 Å². The summed E-state index contributed by atoms with van der Waals surface area (Å²) in [6.07, 6.45) is 7.36. The van der Waals surface area contributed by atoms with E-state index in [1.807, 2.05) is 18.2 Å². The van der Waals surface area contributed by atoms with Gasteiger partial charge in [0.2, 0.25) is 6.41 Å². The number of carbonyl (C=O) groups is 1. The van der Waals surface area contributed by atoms with Crippen LogP contribution < -0.4 is 0 Å². The van der Waals surface area contributed by atoms with Gasteiger partial charge < -0.3 is 0 Å². The third-order valence-electron chi connectivity index (χ3n) is 3.48. The van der Waals surface area contributed by atoms with E-state index in [9.17, 15) is 4.79 Å². The molecule has 1 aliphatic carbocycles. The van der Waals surface area contributed by atoms with Gasteiger partial charge in [0.05, 0.1) is 12.6 Å². The molecule has 18 heavy (non-hydrogen) atoms. The van der Waals surface area contributed by atoms with Crippen molar-refractivity contribution in [2.24, 2.45) is 0 Å². The van der Waals surface area contributed by atoms with Crippen LogP contribution in [0.5, 0.6) is 0 Å². The SMILES string of the molecule is O=CN(OCCCc1ccccc1)C1CCCC1. The van der Waals surface area contributed by atoms with Crippen molar-refractivity contribution >= 4 is 6.41 Å². The lowest BCUT2D eigenvalue weighted by Gasteiger charge is -2.23. The summed E-state index contributed by atoms with van der Waals surface area (Å²) < 4.78 is 0. The van der Waals surface area contributed by atoms with E-state index in [0.717, 1.165) is 32.1 Å². The van der Waals surface area contributed by atoms with Gasteiger partial charge in [0.25, 0.3) is 0 Å². The van der Waals surface area contributed by atoms with E-state index in [4.69, 9.17) is 4.84 Å². The summed E-state index contributed by atoms with van der Waals surface area (Å²) in [5.74, 6) is 0. The summed E-state index contributed by atoms with van der Waals surface area (Å²) in [7, 11) is 0. The Morgan fingerprint density at radius 2 is 1.94 bits per heavy atom. The van der Waals surface area contributed by atoms with E-state index in [0.29, 0.717) is 12.6 Å². The minimum Gasteiger partial charge on any atom is -0.276 e. The molecule has 1 aromatic rings. The van der Waals surface area contributed by atoms with Gasteiger partial charge in [0.1, 0.15) is 0 Å². The second-order valence-electron chi connectivity index (χ2n) is 4.83. The first-order valence-electron chi connectivity index (χ1n) is 6.80. The van der Waals surface area contributed by atoms with Crippen molar-refractivity contribution in [2.75, 3.05) is 6.61 Å². The molecule has 1 fully saturated rings. The molecule has 1 aliphatic rings. The third kappa shape index (κ3) is 3.84. The summed E-state index contributed by atoms with van der Waals surface area (Å²) >= 11 is 0. The maximum absolute atomic E-state index is 11.0. The molecule has 0 unspecified atom stereocenters. The molecule has 0 N–H and O–H groups in total. The van der Waals surface area contributed by atoms with Crippen molar-refractivity contribution in [3.63, 3.8) is 0 Å². The fraction of sp³-hybridized carbons (Fsp3) is 0.533. The summed E-state index contributed by atoms with van der Waals surface area (Å²) in [5, 5.41) is 1.53. The number of hydrogen-bond acceptors (Lipinski definition) is 2. The van der Waals surface area contributed by atoms with Crippen LogP contribution in [0.25, 0.3) is 0 Å². The average Bonchev–Trinajstić information content (AvgIpc) is 2.94. The van der Waals surface area contributed by atoms with E-state index in [2.05, 4.69) is 12.1 Å². The van der Waals surface area contributed by atoms with Crippen LogP contribution in [-0.4, -0.2) is 24.1 Å². The van der Waals surface area contributed by atoms with Gasteiger partial charge in [-0.05, 0) is 31.2 Å². The Hall–Kier alpha value is -1.35. The van der Waals surface area contributed by atoms with Gasteiger partial charge in [0, 0.05) is 0 Å². The molecule has 0 heterocycles. The highest BCUT2D eigenvalue weighted by molar-refractivity contribution is 5.45. The largest absolute Gasteiger partial charge is 0.276 e. The quantitative estimate of drug-likeness (QED) is 0.421. The van der Waals surface area contributed by atoms with Crippen LogP contribution in [0.1, 0.15) is 37.7 Å². The summed E-state index contributed by atoms with van der Waals surface area (Å²) in [6.45, 7) is 0.615. The minimum atomic E-state index is 0.305. The molecule has 0 saturated heterocycles. The molecule has 0 radical (unpaired) electrons. The minimum absolute atomic E-state index is 0.305. The number of aryl methyl sites for hydroxylation is 1. The van der Waals surface area contributed by atoms with Crippen molar-refractivity contribution in [2.45, 2.75) is 44.6 Å². The van der Waals surface area contributed by atoms with Crippen LogP contribution >= 0.6 is 0 Å². The fourth-order valence-electron chi connectivity index (χ4n) is 2.47. The molecule has 2 rings (SSSR count). The molecule has 0 bridgehead atoms. The molecule has 1 amide bonds. The molecule has 98 valence electrons. The van der Waals surface area contributed by atoms with Crippen LogP contribution in [0.4, 0.5) is 0 Å². The van der Waals surface area contributed by atoms with Crippen molar-refractivity contribution in [1.82, 2.24) is 5.06 Å². The highest BCUT2D eigenvalue weighted by Crippen LogP contribution is 2.22. The van der Waals surface area contributed by atoms with Crippen LogP contribution in [-0.2, 0) is 16.1 Å². The number of amides is 1. The number of hydrogen-bond donors (Lipinski definition) is 0. The van der Waals surface area contributed by atoms with Gasteiger partial charge in [-0.15, -0.1) is 0 Å². The second kappa shape index (κ2) is 7.17. The topological polar surface area (TPSA) is 29.5 Å². The van der Waals surface area contributed by atoms with E-state index in [-0.39, 0.29) is 0 Å². The first kappa shape index (κ1) is 13.1. The Bertz CT molecular complexity index is 347. The van der Waals surface area contributed by atoms with Crippen molar-refractivity contribution in [1.29, 1.82) is 0 Å². The molecule has 0 aromatic heterocycles. The Morgan fingerprint density at radius 3 is 2.61 bits per heavy atom. The predicted molar refractivity (Wildman–Crippen MR) is 70.9 cm³/mol. The zero-order valence-electron chi connectivity index (χ0n) is 10.8. The first-order valence-corrected chi connectivity index (χ1v) is 6.80. The molecule has 0 atom stereocenters. The lowest BCUT2D eigenvalue weighted by atomic mass is 10.1. The number of hydroxylamine groups is 2. The number of benzene rings is 1. The van der Waals surface area contributed by atoms with Gasteiger partial charge in [-0.2, -0.15) is 0 Å². The van der Waals surface area contributed by atoms with Crippen LogP contribution in [0, 0.1) is 0 Å². The van der Waals surface area contributed by atoms with E-state index < -0.39 is 0 Å². The van der Waals surface area contributed by atoms with Gasteiger partial charge in [-0.1, -0.05) is 43.2 Å². The smallest absolute Gasteiger partial charge is 0.233 e. The molecule has 0 aliphatic heterocycles. The normalized spacial score (nSPS) is 15.8. The first-order chi connectivity index (χ1) is 8.90.